The summed E-state index contributed by atoms with van der Waals surface area (Å²) in [4.78, 5) is 4.01. The second kappa shape index (κ2) is 4.97. The first-order valence-corrected chi connectivity index (χ1v) is 6.51. The predicted molar refractivity (Wildman–Crippen MR) is 65.5 cm³/mol. The molecule has 6 heteroatoms. The number of aliphatic hydroxyl groups is 1. The van der Waals surface area contributed by atoms with Gasteiger partial charge >= 0.3 is 0 Å². The molecule has 1 aromatic heterocycles. The van der Waals surface area contributed by atoms with Gasteiger partial charge < -0.3 is 16.2 Å². The van der Waals surface area contributed by atoms with Gasteiger partial charge in [0.25, 0.3) is 0 Å². The minimum absolute atomic E-state index is 0.292. The van der Waals surface area contributed by atoms with Crippen LogP contribution in [-0.2, 0) is 0 Å². The van der Waals surface area contributed by atoms with E-state index in [0.29, 0.717) is 17.6 Å². The summed E-state index contributed by atoms with van der Waals surface area (Å²) < 4.78 is 3.89. The van der Waals surface area contributed by atoms with E-state index >= 15 is 0 Å². The first kappa shape index (κ1) is 11.6. The van der Waals surface area contributed by atoms with Crippen molar-refractivity contribution in [3.05, 3.63) is 0 Å². The second-order valence-electron chi connectivity index (χ2n) is 4.45. The number of rotatable bonds is 3. The maximum atomic E-state index is 10.4. The lowest BCUT2D eigenvalue weighted by Crippen LogP contribution is -2.36. The molecule has 0 aliphatic heterocycles. The van der Waals surface area contributed by atoms with Gasteiger partial charge in [0.2, 0.25) is 11.1 Å². The van der Waals surface area contributed by atoms with Crippen molar-refractivity contribution in [1.82, 2.24) is 9.36 Å². The molecule has 5 nitrogen and oxygen atoms in total. The third kappa shape index (κ3) is 3.05. The number of nitrogens with zero attached hydrogens (tertiary/aromatic N) is 2. The predicted octanol–water partition coefficient (Wildman–Crippen LogP) is 1.62. The standard InChI is InChI=1S/C10H18N4OS/c11-8-13-9(16-14-8)12-7-10(15)5-3-1-2-4-6-10/h15H,1-7H2,(H3,11,12,13,14). The van der Waals surface area contributed by atoms with Gasteiger partial charge in [0.05, 0.1) is 5.60 Å². The smallest absolute Gasteiger partial charge is 0.233 e. The van der Waals surface area contributed by atoms with E-state index in [4.69, 9.17) is 5.73 Å². The van der Waals surface area contributed by atoms with Crippen LogP contribution in [0.5, 0.6) is 0 Å². The van der Waals surface area contributed by atoms with E-state index in [1.54, 1.807) is 0 Å². The first-order valence-electron chi connectivity index (χ1n) is 5.73. The summed E-state index contributed by atoms with van der Waals surface area (Å²) in [5, 5.41) is 14.2. The van der Waals surface area contributed by atoms with Crippen LogP contribution >= 0.6 is 11.5 Å². The Morgan fingerprint density at radius 3 is 2.56 bits per heavy atom. The lowest BCUT2D eigenvalue weighted by atomic mass is 9.95. The van der Waals surface area contributed by atoms with Gasteiger partial charge in [0, 0.05) is 18.1 Å². The van der Waals surface area contributed by atoms with Gasteiger partial charge in [-0.3, -0.25) is 0 Å². The van der Waals surface area contributed by atoms with E-state index in [9.17, 15) is 5.11 Å². The summed E-state index contributed by atoms with van der Waals surface area (Å²) in [6.07, 6.45) is 6.41. The lowest BCUT2D eigenvalue weighted by Gasteiger charge is -2.26. The van der Waals surface area contributed by atoms with Gasteiger partial charge in [0.15, 0.2) is 0 Å². The van der Waals surface area contributed by atoms with Crippen molar-refractivity contribution in [2.24, 2.45) is 0 Å². The Morgan fingerprint density at radius 1 is 1.31 bits per heavy atom. The fraction of sp³-hybridized carbons (Fsp3) is 0.800. The third-order valence-corrected chi connectivity index (χ3v) is 3.73. The van der Waals surface area contributed by atoms with E-state index < -0.39 is 5.60 Å². The third-order valence-electron chi connectivity index (χ3n) is 3.04. The number of hydrogen-bond acceptors (Lipinski definition) is 6. The summed E-state index contributed by atoms with van der Waals surface area (Å²) in [5.74, 6) is 0.292. The van der Waals surface area contributed by atoms with E-state index in [1.165, 1.54) is 24.4 Å². The van der Waals surface area contributed by atoms with Gasteiger partial charge in [-0.1, -0.05) is 25.7 Å². The molecule has 0 aromatic carbocycles. The molecule has 0 bridgehead atoms. The molecule has 1 fully saturated rings. The molecule has 0 unspecified atom stereocenters. The minimum Gasteiger partial charge on any atom is -0.388 e. The van der Waals surface area contributed by atoms with E-state index in [-0.39, 0.29) is 0 Å². The zero-order valence-corrected chi connectivity index (χ0v) is 10.1. The van der Waals surface area contributed by atoms with Crippen molar-refractivity contribution in [2.45, 2.75) is 44.1 Å². The van der Waals surface area contributed by atoms with E-state index in [2.05, 4.69) is 14.7 Å². The lowest BCUT2D eigenvalue weighted by molar-refractivity contribution is 0.0381. The normalized spacial score (nSPS) is 20.3. The van der Waals surface area contributed by atoms with Gasteiger partial charge in [-0.15, -0.1) is 0 Å². The summed E-state index contributed by atoms with van der Waals surface area (Å²) in [6, 6.07) is 0. The molecule has 1 saturated carbocycles. The van der Waals surface area contributed by atoms with Gasteiger partial charge in [-0.05, 0) is 12.8 Å². The molecule has 1 heterocycles. The Labute approximate surface area is 99.2 Å². The molecule has 2 rings (SSSR count). The highest BCUT2D eigenvalue weighted by Crippen LogP contribution is 2.27. The first-order chi connectivity index (χ1) is 7.68. The SMILES string of the molecule is Nc1nsc(NCC2(O)CCCCCC2)n1. The molecule has 1 aliphatic rings. The van der Waals surface area contributed by atoms with Crippen LogP contribution in [0.3, 0.4) is 0 Å². The highest BCUT2D eigenvalue weighted by atomic mass is 32.1. The fourth-order valence-corrected chi connectivity index (χ4v) is 2.60. The molecule has 0 saturated heterocycles. The summed E-state index contributed by atoms with van der Waals surface area (Å²) >= 11 is 1.23. The average molecular weight is 242 g/mol. The quantitative estimate of drug-likeness (QED) is 0.701. The molecule has 90 valence electrons. The summed E-state index contributed by atoms with van der Waals surface area (Å²) in [5.41, 5.74) is 4.84. The van der Waals surface area contributed by atoms with Crippen LogP contribution in [0, 0.1) is 0 Å². The van der Waals surface area contributed by atoms with Crippen LogP contribution in [0.25, 0.3) is 0 Å². The Morgan fingerprint density at radius 2 is 2.00 bits per heavy atom. The Bertz CT molecular complexity index is 333. The molecular weight excluding hydrogens is 224 g/mol. The monoisotopic (exact) mass is 242 g/mol. The second-order valence-corrected chi connectivity index (χ2v) is 5.20. The molecule has 16 heavy (non-hydrogen) atoms. The summed E-state index contributed by atoms with van der Waals surface area (Å²) in [6.45, 7) is 0.543. The molecule has 1 aromatic rings. The number of anilines is 2. The molecule has 1 aliphatic carbocycles. The zero-order valence-electron chi connectivity index (χ0n) is 9.28. The van der Waals surface area contributed by atoms with Crippen LogP contribution in [0.4, 0.5) is 11.1 Å². The number of nitrogens with two attached hydrogens (primary N) is 1. The van der Waals surface area contributed by atoms with Crippen molar-refractivity contribution < 1.29 is 5.11 Å². The van der Waals surface area contributed by atoms with Crippen molar-refractivity contribution in [1.29, 1.82) is 0 Å². The number of nitrogens with one attached hydrogen (secondary N) is 1. The number of nitrogen functional groups attached to an aromatic ring is 1. The minimum atomic E-state index is -0.586. The van der Waals surface area contributed by atoms with Crippen LogP contribution in [0.15, 0.2) is 0 Å². The van der Waals surface area contributed by atoms with Crippen LogP contribution < -0.4 is 11.1 Å². The Balaban J connectivity index is 1.87. The van der Waals surface area contributed by atoms with E-state index in [0.717, 1.165) is 25.7 Å². The Kier molecular flexibility index (Phi) is 3.60. The van der Waals surface area contributed by atoms with Crippen molar-refractivity contribution in [3.8, 4) is 0 Å². The maximum absolute atomic E-state index is 10.4. The van der Waals surface area contributed by atoms with Gasteiger partial charge in [-0.25, -0.2) is 0 Å². The van der Waals surface area contributed by atoms with Crippen LogP contribution in [0.1, 0.15) is 38.5 Å². The number of hydrogen-bond donors (Lipinski definition) is 3. The topological polar surface area (TPSA) is 84.1 Å². The van der Waals surface area contributed by atoms with Gasteiger partial charge in [-0.2, -0.15) is 9.36 Å². The fourth-order valence-electron chi connectivity index (χ4n) is 2.11. The molecule has 0 atom stereocenters. The van der Waals surface area contributed by atoms with Crippen molar-refractivity contribution >= 4 is 22.6 Å². The molecular formula is C10H18N4OS. The highest BCUT2D eigenvalue weighted by molar-refractivity contribution is 7.09. The molecule has 0 radical (unpaired) electrons. The molecule has 0 amide bonds. The highest BCUT2D eigenvalue weighted by Gasteiger charge is 2.27. The van der Waals surface area contributed by atoms with Gasteiger partial charge in [0.1, 0.15) is 0 Å². The largest absolute Gasteiger partial charge is 0.388 e. The zero-order chi connectivity index (χ0) is 11.4. The van der Waals surface area contributed by atoms with Crippen LogP contribution in [-0.4, -0.2) is 26.6 Å². The van der Waals surface area contributed by atoms with Crippen LogP contribution in [0.2, 0.25) is 0 Å². The van der Waals surface area contributed by atoms with Crippen molar-refractivity contribution in [2.75, 3.05) is 17.6 Å². The molecule has 0 spiro atoms. The summed E-state index contributed by atoms with van der Waals surface area (Å²) in [7, 11) is 0. The number of aromatic nitrogens is 2. The van der Waals surface area contributed by atoms with Crippen molar-refractivity contribution in [3.63, 3.8) is 0 Å². The average Bonchev–Trinajstić information content (AvgIpc) is 2.54. The molecule has 4 N–H and O–H groups in total. The maximum Gasteiger partial charge on any atom is 0.233 e. The van der Waals surface area contributed by atoms with E-state index in [1.807, 2.05) is 0 Å². The Hall–Kier alpha value is -0.880.